The molecule has 1 saturated heterocycles. The van der Waals surface area contributed by atoms with Crippen molar-refractivity contribution in [3.8, 4) is 0 Å². The molecule has 1 aromatic carbocycles. The summed E-state index contributed by atoms with van der Waals surface area (Å²) in [6, 6.07) is 12.6. The van der Waals surface area contributed by atoms with E-state index in [2.05, 4.69) is 34.3 Å². The highest BCUT2D eigenvalue weighted by molar-refractivity contribution is 5.92. The molecule has 1 unspecified atom stereocenters. The van der Waals surface area contributed by atoms with Crippen molar-refractivity contribution in [3.63, 3.8) is 0 Å². The Kier molecular flexibility index (Phi) is 7.68. The van der Waals surface area contributed by atoms with Crippen molar-refractivity contribution >= 4 is 30.7 Å². The Labute approximate surface area is 172 Å². The molecule has 1 atom stereocenters. The molecule has 0 spiro atoms. The van der Waals surface area contributed by atoms with Crippen LogP contribution in [0.15, 0.2) is 36.4 Å². The summed E-state index contributed by atoms with van der Waals surface area (Å²) < 4.78 is 2.01. The molecule has 2 aliphatic heterocycles. The highest BCUT2D eigenvalue weighted by Gasteiger charge is 2.27. The topological polar surface area (TPSA) is 67.4 Å². The quantitative estimate of drug-likeness (QED) is 0.840. The average Bonchev–Trinajstić information content (AvgIpc) is 3.17. The van der Waals surface area contributed by atoms with Gasteiger partial charge in [0.15, 0.2) is 5.69 Å². The first-order valence-electron chi connectivity index (χ1n) is 9.07. The minimum absolute atomic E-state index is 0. The largest absolute Gasteiger partial charge is 0.336 e. The number of likely N-dealkylation sites (tertiary alicyclic amines) is 1. The van der Waals surface area contributed by atoms with Gasteiger partial charge in [0, 0.05) is 45.3 Å². The zero-order valence-corrected chi connectivity index (χ0v) is 16.9. The normalized spacial score (nSPS) is 19.6. The standard InChI is InChI=1S/C19H25N5O.2ClH/c20-16-7-10-23(13-16)19(25)18-11-17-14-22(8-4-9-24(17)21-18)12-15-5-2-1-3-6-15;;/h1-3,5-6,11,16H,4,7-10,12-14,20H2;2*1H. The van der Waals surface area contributed by atoms with E-state index in [1.54, 1.807) is 0 Å². The maximum absolute atomic E-state index is 12.6. The van der Waals surface area contributed by atoms with Gasteiger partial charge in [0.2, 0.25) is 0 Å². The van der Waals surface area contributed by atoms with Crippen LogP contribution < -0.4 is 5.73 Å². The van der Waals surface area contributed by atoms with Crippen LogP contribution in [0.1, 0.15) is 34.6 Å². The van der Waals surface area contributed by atoms with Crippen molar-refractivity contribution in [2.24, 2.45) is 5.73 Å². The Morgan fingerprint density at radius 2 is 1.93 bits per heavy atom. The van der Waals surface area contributed by atoms with Crippen molar-refractivity contribution in [2.45, 2.75) is 38.5 Å². The van der Waals surface area contributed by atoms with E-state index in [0.29, 0.717) is 12.2 Å². The molecule has 0 saturated carbocycles. The molecule has 148 valence electrons. The lowest BCUT2D eigenvalue weighted by molar-refractivity contribution is 0.0784. The molecule has 0 bridgehead atoms. The third kappa shape index (κ3) is 5.02. The van der Waals surface area contributed by atoms with Crippen LogP contribution in [-0.2, 0) is 19.6 Å². The van der Waals surface area contributed by atoms with Gasteiger partial charge in [-0.05, 0) is 24.5 Å². The predicted octanol–water partition coefficient (Wildman–Crippen LogP) is 2.31. The van der Waals surface area contributed by atoms with Crippen LogP contribution in [0.5, 0.6) is 0 Å². The Balaban J connectivity index is 0.00000131. The molecule has 8 heteroatoms. The average molecular weight is 412 g/mol. The van der Waals surface area contributed by atoms with Gasteiger partial charge in [-0.15, -0.1) is 24.8 Å². The lowest BCUT2D eigenvalue weighted by atomic mass is 10.2. The van der Waals surface area contributed by atoms with Gasteiger partial charge in [-0.25, -0.2) is 0 Å². The number of benzene rings is 1. The molecule has 1 amide bonds. The summed E-state index contributed by atoms with van der Waals surface area (Å²) in [7, 11) is 0. The van der Waals surface area contributed by atoms with Crippen LogP contribution in [0.3, 0.4) is 0 Å². The Morgan fingerprint density at radius 3 is 2.63 bits per heavy atom. The number of carbonyl (C=O) groups is 1. The van der Waals surface area contributed by atoms with Gasteiger partial charge in [-0.2, -0.15) is 5.10 Å². The molecular formula is C19H27Cl2N5O. The summed E-state index contributed by atoms with van der Waals surface area (Å²) in [5, 5.41) is 4.58. The fraction of sp³-hybridized carbons (Fsp3) is 0.474. The van der Waals surface area contributed by atoms with E-state index in [-0.39, 0.29) is 36.8 Å². The molecule has 1 fully saturated rings. The number of hydrogen-bond acceptors (Lipinski definition) is 4. The zero-order valence-electron chi connectivity index (χ0n) is 15.3. The lowest BCUT2D eigenvalue weighted by Gasteiger charge is -2.19. The number of aryl methyl sites for hydroxylation is 1. The molecule has 27 heavy (non-hydrogen) atoms. The van der Waals surface area contributed by atoms with Crippen molar-refractivity contribution in [1.29, 1.82) is 0 Å². The molecule has 2 N–H and O–H groups in total. The molecule has 0 radical (unpaired) electrons. The monoisotopic (exact) mass is 411 g/mol. The summed E-state index contributed by atoms with van der Waals surface area (Å²) in [6.07, 6.45) is 1.92. The van der Waals surface area contributed by atoms with E-state index in [1.807, 2.05) is 21.7 Å². The molecule has 6 nitrogen and oxygen atoms in total. The zero-order chi connectivity index (χ0) is 17.2. The number of carbonyl (C=O) groups excluding carboxylic acids is 1. The van der Waals surface area contributed by atoms with Crippen molar-refractivity contribution in [2.75, 3.05) is 19.6 Å². The molecule has 2 aromatic rings. The second kappa shape index (κ2) is 9.55. The summed E-state index contributed by atoms with van der Waals surface area (Å²) in [5.41, 5.74) is 8.93. The van der Waals surface area contributed by atoms with Crippen molar-refractivity contribution in [1.82, 2.24) is 19.6 Å². The van der Waals surface area contributed by atoms with E-state index in [1.165, 1.54) is 5.56 Å². The van der Waals surface area contributed by atoms with Crippen LogP contribution in [-0.4, -0.2) is 51.2 Å². The van der Waals surface area contributed by atoms with Gasteiger partial charge < -0.3 is 10.6 Å². The number of amides is 1. The molecule has 1 aromatic heterocycles. The first kappa shape index (κ1) is 21.7. The first-order chi connectivity index (χ1) is 12.2. The summed E-state index contributed by atoms with van der Waals surface area (Å²) in [6.45, 7) is 5.05. The van der Waals surface area contributed by atoms with Gasteiger partial charge in [0.25, 0.3) is 5.91 Å². The minimum atomic E-state index is 0. The van der Waals surface area contributed by atoms with Crippen molar-refractivity contribution in [3.05, 3.63) is 53.3 Å². The fourth-order valence-corrected chi connectivity index (χ4v) is 3.74. The second-order valence-corrected chi connectivity index (χ2v) is 7.09. The predicted molar refractivity (Wildman–Crippen MR) is 110 cm³/mol. The third-order valence-electron chi connectivity index (χ3n) is 5.07. The van der Waals surface area contributed by atoms with Crippen LogP contribution in [0, 0.1) is 0 Å². The van der Waals surface area contributed by atoms with Crippen LogP contribution >= 0.6 is 24.8 Å². The Bertz CT molecular complexity index is 752. The minimum Gasteiger partial charge on any atom is -0.336 e. The van der Waals surface area contributed by atoms with Gasteiger partial charge in [0.05, 0.1) is 5.69 Å². The Hall–Kier alpha value is -1.60. The van der Waals surface area contributed by atoms with E-state index in [0.717, 1.165) is 51.3 Å². The summed E-state index contributed by atoms with van der Waals surface area (Å²) in [4.78, 5) is 16.9. The summed E-state index contributed by atoms with van der Waals surface area (Å²) >= 11 is 0. The van der Waals surface area contributed by atoms with Gasteiger partial charge >= 0.3 is 0 Å². The third-order valence-corrected chi connectivity index (χ3v) is 5.07. The number of halogens is 2. The molecular weight excluding hydrogens is 385 g/mol. The van der Waals surface area contributed by atoms with Crippen LogP contribution in [0.25, 0.3) is 0 Å². The molecule has 0 aliphatic carbocycles. The SMILES string of the molecule is Cl.Cl.NC1CCN(C(=O)c2cc3n(n2)CCCN(Cc2ccccc2)C3)C1. The molecule has 4 rings (SSSR count). The maximum Gasteiger partial charge on any atom is 0.274 e. The number of aromatic nitrogens is 2. The van der Waals surface area contributed by atoms with E-state index >= 15 is 0 Å². The smallest absolute Gasteiger partial charge is 0.274 e. The van der Waals surface area contributed by atoms with E-state index < -0.39 is 0 Å². The number of nitrogens with zero attached hydrogens (tertiary/aromatic N) is 4. The lowest BCUT2D eigenvalue weighted by Crippen LogP contribution is -2.32. The van der Waals surface area contributed by atoms with Gasteiger partial charge in [-0.1, -0.05) is 30.3 Å². The maximum atomic E-state index is 12.6. The van der Waals surface area contributed by atoms with Crippen molar-refractivity contribution < 1.29 is 4.79 Å². The number of nitrogens with two attached hydrogens (primary N) is 1. The number of fused-ring (bicyclic) bond motifs is 1. The highest BCUT2D eigenvalue weighted by Crippen LogP contribution is 2.18. The summed E-state index contributed by atoms with van der Waals surface area (Å²) in [5.74, 6) is 0.0168. The van der Waals surface area contributed by atoms with E-state index in [4.69, 9.17) is 5.73 Å². The first-order valence-corrected chi connectivity index (χ1v) is 9.07. The van der Waals surface area contributed by atoms with E-state index in [9.17, 15) is 4.79 Å². The Morgan fingerprint density at radius 1 is 1.15 bits per heavy atom. The van der Waals surface area contributed by atoms with Gasteiger partial charge in [-0.3, -0.25) is 14.4 Å². The van der Waals surface area contributed by atoms with Crippen LogP contribution in [0.4, 0.5) is 0 Å². The number of rotatable bonds is 3. The van der Waals surface area contributed by atoms with Crippen LogP contribution in [0.2, 0.25) is 0 Å². The number of hydrogen-bond donors (Lipinski definition) is 1. The molecule has 2 aliphatic rings. The fourth-order valence-electron chi connectivity index (χ4n) is 3.74. The van der Waals surface area contributed by atoms with Gasteiger partial charge in [0.1, 0.15) is 0 Å². The molecule has 3 heterocycles. The second-order valence-electron chi connectivity index (χ2n) is 7.09. The highest BCUT2D eigenvalue weighted by atomic mass is 35.5.